The second-order valence-electron chi connectivity index (χ2n) is 7.95. The number of carbonyl (C=O) groups excluding carboxylic acids is 2. The Morgan fingerprint density at radius 1 is 1.25 bits per heavy atom. The normalized spacial score (nSPS) is 18.5. The third-order valence-corrected chi connectivity index (χ3v) is 7.11. The van der Waals surface area contributed by atoms with E-state index in [0.717, 1.165) is 5.56 Å². The number of benzene rings is 2. The number of ether oxygens (including phenoxy) is 1. The molecule has 4 rings (SSSR count). The lowest BCUT2D eigenvalue weighted by atomic mass is 9.86. The summed E-state index contributed by atoms with van der Waals surface area (Å²) in [6.07, 6.45) is 4.42. The number of fused-ring (bicyclic) bond motifs is 1. The van der Waals surface area contributed by atoms with E-state index in [1.165, 1.54) is 13.2 Å². The lowest BCUT2D eigenvalue weighted by molar-refractivity contribution is -0.146. The number of rotatable bonds is 5. The molecule has 168 valence electrons. The summed E-state index contributed by atoms with van der Waals surface area (Å²) in [6.45, 7) is 0.308. The number of aromatic nitrogens is 2. The van der Waals surface area contributed by atoms with E-state index < -0.39 is 0 Å². The van der Waals surface area contributed by atoms with Crippen LogP contribution in [-0.4, -0.2) is 34.8 Å². The van der Waals surface area contributed by atoms with Gasteiger partial charge in [0.15, 0.2) is 0 Å². The molecule has 1 N–H and O–H groups in total. The molecule has 0 bridgehead atoms. The lowest BCUT2D eigenvalue weighted by Crippen LogP contribution is -2.39. The maximum atomic E-state index is 14.0. The Balaban J connectivity index is 1.56. The van der Waals surface area contributed by atoms with Crippen LogP contribution in [0.15, 0.2) is 36.5 Å². The summed E-state index contributed by atoms with van der Waals surface area (Å²) >= 11 is 8.30. The van der Waals surface area contributed by atoms with Crippen LogP contribution in [0.2, 0.25) is 5.02 Å². The third-order valence-electron chi connectivity index (χ3n) is 5.91. The summed E-state index contributed by atoms with van der Waals surface area (Å²) in [5.74, 6) is -0.807. The molecule has 32 heavy (non-hydrogen) atoms. The van der Waals surface area contributed by atoms with Gasteiger partial charge in [-0.05, 0) is 78.1 Å². The van der Waals surface area contributed by atoms with E-state index in [4.69, 9.17) is 16.3 Å². The van der Waals surface area contributed by atoms with Gasteiger partial charge in [-0.25, -0.2) is 4.39 Å². The van der Waals surface area contributed by atoms with Crippen LogP contribution in [0.25, 0.3) is 10.9 Å². The summed E-state index contributed by atoms with van der Waals surface area (Å²) in [4.78, 5) is 24.9. The van der Waals surface area contributed by atoms with Crippen molar-refractivity contribution in [3.8, 4) is 0 Å². The van der Waals surface area contributed by atoms with Gasteiger partial charge in [-0.3, -0.25) is 14.3 Å². The Morgan fingerprint density at radius 3 is 2.69 bits per heavy atom. The number of esters is 1. The van der Waals surface area contributed by atoms with Crippen molar-refractivity contribution in [3.05, 3.63) is 62.1 Å². The van der Waals surface area contributed by atoms with Crippen LogP contribution in [0, 0.1) is 15.3 Å². The van der Waals surface area contributed by atoms with E-state index >= 15 is 0 Å². The van der Waals surface area contributed by atoms with Gasteiger partial charge in [-0.2, -0.15) is 5.10 Å². The molecule has 0 atom stereocenters. The molecule has 1 fully saturated rings. The Kier molecular flexibility index (Phi) is 6.99. The third kappa shape index (κ3) is 4.76. The van der Waals surface area contributed by atoms with Gasteiger partial charge < -0.3 is 10.1 Å². The van der Waals surface area contributed by atoms with Crippen LogP contribution in [0.4, 0.5) is 4.39 Å². The Labute approximate surface area is 203 Å². The summed E-state index contributed by atoms with van der Waals surface area (Å²) in [6, 6.07) is 8.37. The topological polar surface area (TPSA) is 73.2 Å². The standard InChI is InChI=1S/C23H22ClFIN3O3/c1-32-23(31)14-3-5-15(6-4-14)28-22(30)16-7-8-18(24)17-11-27-29(21(16)17)12-13-2-9-20(26)19(25)10-13/h2,7-11,14-15H,3-6,12H2,1H3,(H,28,30). The minimum atomic E-state index is -0.293. The largest absolute Gasteiger partial charge is 0.469 e. The zero-order valence-corrected chi connectivity index (χ0v) is 20.3. The minimum absolute atomic E-state index is 0.0178. The Bertz CT molecular complexity index is 1170. The molecule has 0 aliphatic heterocycles. The van der Waals surface area contributed by atoms with Crippen molar-refractivity contribution in [2.75, 3.05) is 7.11 Å². The van der Waals surface area contributed by atoms with E-state index in [-0.39, 0.29) is 29.7 Å². The molecule has 9 heteroatoms. The van der Waals surface area contributed by atoms with E-state index in [1.54, 1.807) is 29.1 Å². The number of halogens is 3. The van der Waals surface area contributed by atoms with Crippen LogP contribution in [0.5, 0.6) is 0 Å². The first-order valence-electron chi connectivity index (χ1n) is 10.3. The molecule has 1 saturated carbocycles. The summed E-state index contributed by atoms with van der Waals surface area (Å²) < 4.78 is 21.0. The molecule has 3 aromatic rings. The molecule has 6 nitrogen and oxygen atoms in total. The van der Waals surface area contributed by atoms with Crippen molar-refractivity contribution in [2.45, 2.75) is 38.3 Å². The Morgan fingerprint density at radius 2 is 2.00 bits per heavy atom. The average Bonchev–Trinajstić information content (AvgIpc) is 3.21. The van der Waals surface area contributed by atoms with E-state index in [2.05, 4.69) is 10.4 Å². The molecule has 0 saturated heterocycles. The smallest absolute Gasteiger partial charge is 0.308 e. The van der Waals surface area contributed by atoms with Crippen molar-refractivity contribution in [3.63, 3.8) is 0 Å². The molecule has 1 aromatic heterocycles. The first-order chi connectivity index (χ1) is 15.4. The molecule has 0 radical (unpaired) electrons. The molecular weight excluding hydrogens is 548 g/mol. The molecular formula is C23H22ClFIN3O3. The fraction of sp³-hybridized carbons (Fsp3) is 0.348. The number of hydrogen-bond acceptors (Lipinski definition) is 4. The van der Waals surface area contributed by atoms with Gasteiger partial charge >= 0.3 is 5.97 Å². The van der Waals surface area contributed by atoms with Gasteiger partial charge in [0.25, 0.3) is 5.91 Å². The molecule has 1 aliphatic carbocycles. The average molecular weight is 570 g/mol. The minimum Gasteiger partial charge on any atom is -0.469 e. The monoisotopic (exact) mass is 569 g/mol. The second-order valence-corrected chi connectivity index (χ2v) is 9.52. The first kappa shape index (κ1) is 23.0. The van der Waals surface area contributed by atoms with Gasteiger partial charge in [0, 0.05) is 15.0 Å². The Hall–Kier alpha value is -2.20. The van der Waals surface area contributed by atoms with Crippen LogP contribution >= 0.6 is 34.2 Å². The number of carbonyl (C=O) groups is 2. The quantitative estimate of drug-likeness (QED) is 0.349. The van der Waals surface area contributed by atoms with Crippen molar-refractivity contribution < 1.29 is 18.7 Å². The molecule has 1 aliphatic rings. The molecule has 2 aromatic carbocycles. The van der Waals surface area contributed by atoms with Gasteiger partial charge in [0.1, 0.15) is 5.82 Å². The van der Waals surface area contributed by atoms with Crippen LogP contribution in [0.3, 0.4) is 0 Å². The van der Waals surface area contributed by atoms with Crippen molar-refractivity contribution in [1.82, 2.24) is 15.1 Å². The number of amides is 1. The van der Waals surface area contributed by atoms with Gasteiger partial charge in [0.2, 0.25) is 0 Å². The predicted molar refractivity (Wildman–Crippen MR) is 128 cm³/mol. The highest BCUT2D eigenvalue weighted by molar-refractivity contribution is 14.1. The fourth-order valence-corrected chi connectivity index (χ4v) is 4.72. The van der Waals surface area contributed by atoms with Gasteiger partial charge in [-0.15, -0.1) is 0 Å². The highest BCUT2D eigenvalue weighted by Crippen LogP contribution is 2.29. The summed E-state index contributed by atoms with van der Waals surface area (Å²) in [7, 11) is 1.40. The van der Waals surface area contributed by atoms with Crippen LogP contribution < -0.4 is 5.32 Å². The first-order valence-corrected chi connectivity index (χ1v) is 11.8. The second kappa shape index (κ2) is 9.74. The number of nitrogens with one attached hydrogen (secondary N) is 1. The number of methoxy groups -OCH3 is 1. The van der Waals surface area contributed by atoms with Crippen LogP contribution in [-0.2, 0) is 16.1 Å². The highest BCUT2D eigenvalue weighted by atomic mass is 127. The molecule has 0 unspecified atom stereocenters. The zero-order valence-electron chi connectivity index (χ0n) is 17.4. The molecule has 1 amide bonds. The highest BCUT2D eigenvalue weighted by Gasteiger charge is 2.28. The maximum Gasteiger partial charge on any atom is 0.308 e. The van der Waals surface area contributed by atoms with Crippen molar-refractivity contribution >= 4 is 57.0 Å². The van der Waals surface area contributed by atoms with Crippen molar-refractivity contribution in [1.29, 1.82) is 0 Å². The van der Waals surface area contributed by atoms with E-state index in [9.17, 15) is 14.0 Å². The zero-order chi connectivity index (χ0) is 22.8. The summed E-state index contributed by atoms with van der Waals surface area (Å²) in [5, 5.41) is 8.66. The van der Waals surface area contributed by atoms with Crippen LogP contribution in [0.1, 0.15) is 41.6 Å². The maximum absolute atomic E-state index is 14.0. The van der Waals surface area contributed by atoms with Crippen molar-refractivity contribution in [2.24, 2.45) is 5.92 Å². The van der Waals surface area contributed by atoms with Gasteiger partial charge in [0.05, 0.1) is 41.9 Å². The van der Waals surface area contributed by atoms with Gasteiger partial charge in [-0.1, -0.05) is 17.7 Å². The molecule has 0 spiro atoms. The molecule has 1 heterocycles. The number of nitrogens with zero attached hydrogens (tertiary/aromatic N) is 2. The SMILES string of the molecule is COC(=O)C1CCC(NC(=O)c2ccc(Cl)c3cnn(Cc4ccc(I)c(F)c4)c23)CC1. The predicted octanol–water partition coefficient (Wildman–Crippen LogP) is 4.94. The van der Waals surface area contributed by atoms with E-state index in [0.29, 0.717) is 57.3 Å². The summed E-state index contributed by atoms with van der Waals surface area (Å²) in [5.41, 5.74) is 1.81. The fourth-order valence-electron chi connectivity index (χ4n) is 4.19. The number of hydrogen-bond donors (Lipinski definition) is 1. The lowest BCUT2D eigenvalue weighted by Gasteiger charge is -2.27. The van der Waals surface area contributed by atoms with E-state index in [1.807, 2.05) is 28.7 Å².